The van der Waals surface area contributed by atoms with Crippen molar-refractivity contribution in [2.45, 2.75) is 20.5 Å². The Kier molecular flexibility index (Phi) is 4.65. The molecule has 4 aromatic rings. The Balaban J connectivity index is 1.65. The third-order valence-corrected chi connectivity index (χ3v) is 6.08. The highest BCUT2D eigenvalue weighted by Gasteiger charge is 2.13. The van der Waals surface area contributed by atoms with E-state index in [0.717, 1.165) is 26.7 Å². The molecule has 4 rings (SSSR count). The quantitative estimate of drug-likeness (QED) is 0.384. The molecule has 0 N–H and O–H groups in total. The number of nitrogens with zero attached hydrogens (tertiary/aromatic N) is 2. The second kappa shape index (κ2) is 6.95. The van der Waals surface area contributed by atoms with E-state index in [4.69, 9.17) is 27.9 Å². The van der Waals surface area contributed by atoms with Crippen LogP contribution in [0.5, 0.6) is 5.75 Å². The van der Waals surface area contributed by atoms with E-state index in [1.165, 1.54) is 11.1 Å². The molecule has 0 unspecified atom stereocenters. The minimum absolute atomic E-state index is 0.508. The van der Waals surface area contributed by atoms with Crippen molar-refractivity contribution < 1.29 is 4.74 Å². The number of aromatic nitrogens is 2. The van der Waals surface area contributed by atoms with Crippen molar-refractivity contribution >= 4 is 45.6 Å². The van der Waals surface area contributed by atoms with Gasteiger partial charge in [-0.2, -0.15) is 0 Å². The van der Waals surface area contributed by atoms with Crippen molar-refractivity contribution in [2.75, 3.05) is 0 Å². The molecule has 2 aromatic heterocycles. The molecule has 0 spiro atoms. The molecule has 2 aromatic carbocycles. The first-order valence-corrected chi connectivity index (χ1v) is 9.70. The molecule has 0 aliphatic rings. The van der Waals surface area contributed by atoms with Gasteiger partial charge in [0.25, 0.3) is 0 Å². The number of halogens is 2. The van der Waals surface area contributed by atoms with E-state index in [-0.39, 0.29) is 0 Å². The Bertz CT molecular complexity index is 1100. The predicted molar refractivity (Wildman–Crippen MR) is 109 cm³/mol. The fourth-order valence-electron chi connectivity index (χ4n) is 2.82. The van der Waals surface area contributed by atoms with Crippen LogP contribution >= 0.6 is 34.5 Å². The van der Waals surface area contributed by atoms with Crippen LogP contribution in [0.3, 0.4) is 0 Å². The van der Waals surface area contributed by atoms with Crippen molar-refractivity contribution in [3.8, 4) is 10.8 Å². The van der Waals surface area contributed by atoms with Gasteiger partial charge < -0.3 is 4.74 Å². The Morgan fingerprint density at radius 2 is 1.85 bits per heavy atom. The molecule has 0 saturated carbocycles. The number of rotatable bonds is 4. The van der Waals surface area contributed by atoms with Gasteiger partial charge in [0, 0.05) is 10.9 Å². The van der Waals surface area contributed by atoms with Gasteiger partial charge in [0.2, 0.25) is 0 Å². The minimum Gasteiger partial charge on any atom is -0.488 e. The zero-order chi connectivity index (χ0) is 18.3. The molecular formula is C20H16Cl2N2OS. The first-order valence-electron chi connectivity index (χ1n) is 8.13. The van der Waals surface area contributed by atoms with Gasteiger partial charge in [0.05, 0.1) is 21.1 Å². The smallest absolute Gasteiger partial charge is 0.135 e. The Morgan fingerprint density at radius 3 is 2.65 bits per heavy atom. The van der Waals surface area contributed by atoms with Crippen LogP contribution in [-0.4, -0.2) is 9.55 Å². The fraction of sp³-hybridized carbons (Fsp3) is 0.150. The first-order chi connectivity index (χ1) is 12.5. The number of imidazole rings is 1. The summed E-state index contributed by atoms with van der Waals surface area (Å²) in [7, 11) is 0. The lowest BCUT2D eigenvalue weighted by Crippen LogP contribution is -1.97. The molecule has 0 saturated heterocycles. The molecule has 0 radical (unpaired) electrons. The summed E-state index contributed by atoms with van der Waals surface area (Å²) in [4.78, 5) is 5.55. The highest BCUT2D eigenvalue weighted by atomic mass is 35.5. The summed E-state index contributed by atoms with van der Waals surface area (Å²) in [6, 6.07) is 13.9. The normalized spacial score (nSPS) is 11.2. The molecule has 0 aliphatic carbocycles. The minimum atomic E-state index is 0.508. The van der Waals surface area contributed by atoms with E-state index in [0.29, 0.717) is 16.7 Å². The monoisotopic (exact) mass is 402 g/mol. The van der Waals surface area contributed by atoms with Crippen molar-refractivity contribution in [1.82, 2.24) is 9.55 Å². The molecule has 26 heavy (non-hydrogen) atoms. The number of aryl methyl sites for hydroxylation is 2. The van der Waals surface area contributed by atoms with Crippen LogP contribution in [-0.2, 0) is 6.61 Å². The maximum atomic E-state index is 6.18. The van der Waals surface area contributed by atoms with E-state index in [1.54, 1.807) is 23.7 Å². The lowest BCUT2D eigenvalue weighted by molar-refractivity contribution is 0.305. The summed E-state index contributed by atoms with van der Waals surface area (Å²) >= 11 is 13.9. The van der Waals surface area contributed by atoms with Gasteiger partial charge in [-0.3, -0.25) is 4.57 Å². The average Bonchev–Trinajstić information content (AvgIpc) is 3.18. The van der Waals surface area contributed by atoms with Gasteiger partial charge in [-0.1, -0.05) is 47.5 Å². The topological polar surface area (TPSA) is 27.1 Å². The molecule has 0 aliphatic heterocycles. The maximum absolute atomic E-state index is 6.18. The highest BCUT2D eigenvalue weighted by molar-refractivity contribution is 7.14. The second-order valence-electron chi connectivity index (χ2n) is 6.09. The molecule has 0 atom stereocenters. The van der Waals surface area contributed by atoms with E-state index >= 15 is 0 Å². The summed E-state index contributed by atoms with van der Waals surface area (Å²) < 4.78 is 8.08. The molecule has 0 amide bonds. The summed E-state index contributed by atoms with van der Waals surface area (Å²) in [6.07, 6.45) is 1.79. The van der Waals surface area contributed by atoms with E-state index < -0.39 is 0 Å². The van der Waals surface area contributed by atoms with Gasteiger partial charge in [-0.15, -0.1) is 11.3 Å². The molecule has 2 heterocycles. The van der Waals surface area contributed by atoms with Crippen LogP contribution < -0.4 is 4.74 Å². The molecular weight excluding hydrogens is 387 g/mol. The number of ether oxygens (including phenoxy) is 1. The summed E-state index contributed by atoms with van der Waals surface area (Å²) in [5.74, 6) is 0.884. The number of thiophene rings is 1. The zero-order valence-corrected chi connectivity index (χ0v) is 16.6. The second-order valence-corrected chi connectivity index (χ2v) is 8.14. The number of hydrogen-bond acceptors (Lipinski definition) is 3. The van der Waals surface area contributed by atoms with Crippen LogP contribution in [0.4, 0.5) is 0 Å². The van der Waals surface area contributed by atoms with Gasteiger partial charge in [0.15, 0.2) is 0 Å². The van der Waals surface area contributed by atoms with Crippen LogP contribution in [0.25, 0.3) is 16.0 Å². The van der Waals surface area contributed by atoms with Gasteiger partial charge in [0.1, 0.15) is 23.7 Å². The largest absolute Gasteiger partial charge is 0.488 e. The van der Waals surface area contributed by atoms with Crippen molar-refractivity contribution in [1.29, 1.82) is 0 Å². The number of benzene rings is 2. The van der Waals surface area contributed by atoms with Gasteiger partial charge in [-0.05, 0) is 37.1 Å². The third-order valence-electron chi connectivity index (χ3n) is 4.33. The van der Waals surface area contributed by atoms with E-state index in [9.17, 15) is 0 Å². The zero-order valence-electron chi connectivity index (χ0n) is 14.3. The lowest BCUT2D eigenvalue weighted by atomic mass is 10.1. The lowest BCUT2D eigenvalue weighted by Gasteiger charge is -2.07. The average molecular weight is 403 g/mol. The fourth-order valence-corrected chi connectivity index (χ4v) is 4.08. The maximum Gasteiger partial charge on any atom is 0.135 e. The van der Waals surface area contributed by atoms with Crippen LogP contribution in [0.15, 0.2) is 48.8 Å². The predicted octanol–water partition coefficient (Wildman–Crippen LogP) is 6.59. The summed E-state index contributed by atoms with van der Waals surface area (Å²) in [5, 5.41) is 2.06. The third kappa shape index (κ3) is 3.20. The molecule has 0 fully saturated rings. The Hall–Kier alpha value is -2.01. The molecule has 132 valence electrons. The van der Waals surface area contributed by atoms with Crippen LogP contribution in [0.2, 0.25) is 10.0 Å². The van der Waals surface area contributed by atoms with Crippen molar-refractivity contribution in [3.05, 3.63) is 74.8 Å². The summed E-state index contributed by atoms with van der Waals surface area (Å²) in [6.45, 7) is 4.71. The molecule has 3 nitrogen and oxygen atoms in total. The van der Waals surface area contributed by atoms with E-state index in [2.05, 4.69) is 31.0 Å². The molecule has 0 bridgehead atoms. The Morgan fingerprint density at radius 1 is 1.08 bits per heavy atom. The Labute approximate surface area is 165 Å². The van der Waals surface area contributed by atoms with Crippen LogP contribution in [0, 0.1) is 13.8 Å². The van der Waals surface area contributed by atoms with Crippen molar-refractivity contribution in [2.24, 2.45) is 0 Å². The number of fused-ring (bicyclic) bond motifs is 1. The highest BCUT2D eigenvalue weighted by Crippen LogP contribution is 2.35. The van der Waals surface area contributed by atoms with Crippen molar-refractivity contribution in [3.63, 3.8) is 0 Å². The van der Waals surface area contributed by atoms with E-state index in [1.807, 2.05) is 28.8 Å². The SMILES string of the molecule is Cc1ccccc1COc1cc(-n2cnc3cc(Cl)c(Cl)cc32)sc1C. The first kappa shape index (κ1) is 17.4. The van der Waals surface area contributed by atoms with Crippen LogP contribution in [0.1, 0.15) is 16.0 Å². The van der Waals surface area contributed by atoms with Gasteiger partial charge >= 0.3 is 0 Å². The van der Waals surface area contributed by atoms with Gasteiger partial charge in [-0.25, -0.2) is 4.98 Å². The molecule has 6 heteroatoms. The summed E-state index contributed by atoms with van der Waals surface area (Å²) in [5.41, 5.74) is 4.15. The standard InChI is InChI=1S/C20H16Cl2N2OS/c1-12-5-3-4-6-14(12)10-25-19-9-20(26-13(19)2)24-11-23-17-7-15(21)16(22)8-18(17)24/h3-9,11H,10H2,1-2H3. The number of hydrogen-bond donors (Lipinski definition) is 0.